The molecular formula is C18H17NO4S. The van der Waals surface area contributed by atoms with E-state index < -0.39 is 0 Å². The molecule has 6 heteroatoms. The van der Waals surface area contributed by atoms with Crippen molar-refractivity contribution in [3.05, 3.63) is 59.2 Å². The van der Waals surface area contributed by atoms with Crippen molar-refractivity contribution in [1.29, 1.82) is 0 Å². The van der Waals surface area contributed by atoms with E-state index in [0.29, 0.717) is 29.4 Å². The van der Waals surface area contributed by atoms with Crippen molar-refractivity contribution in [3.8, 4) is 22.1 Å². The second-order valence-electron chi connectivity index (χ2n) is 5.03. The fourth-order valence-corrected chi connectivity index (χ4v) is 2.92. The second-order valence-corrected chi connectivity index (χ2v) is 5.97. The van der Waals surface area contributed by atoms with Gasteiger partial charge < -0.3 is 19.2 Å². The summed E-state index contributed by atoms with van der Waals surface area (Å²) in [5.74, 6) is 2.41. The zero-order valence-corrected chi connectivity index (χ0v) is 14.2. The van der Waals surface area contributed by atoms with E-state index in [0.717, 1.165) is 10.6 Å². The van der Waals surface area contributed by atoms with Gasteiger partial charge in [0.2, 0.25) is 0 Å². The molecule has 24 heavy (non-hydrogen) atoms. The van der Waals surface area contributed by atoms with E-state index in [-0.39, 0.29) is 5.91 Å². The molecule has 0 saturated heterocycles. The lowest BCUT2D eigenvalue weighted by molar-refractivity contribution is 0.0947. The Morgan fingerprint density at radius 1 is 1.12 bits per heavy atom. The Hall–Kier alpha value is -2.73. The molecule has 3 rings (SSSR count). The minimum atomic E-state index is -0.221. The lowest BCUT2D eigenvalue weighted by Gasteiger charge is -2.08. The number of ether oxygens (including phenoxy) is 2. The summed E-state index contributed by atoms with van der Waals surface area (Å²) < 4.78 is 16.1. The number of amides is 1. The summed E-state index contributed by atoms with van der Waals surface area (Å²) in [5, 5.41) is 4.83. The number of thiophene rings is 1. The minimum Gasteiger partial charge on any atom is -0.497 e. The third-order valence-electron chi connectivity index (χ3n) is 3.46. The highest BCUT2D eigenvalue weighted by Gasteiger charge is 2.11. The monoisotopic (exact) mass is 343 g/mol. The Balaban J connectivity index is 1.67. The summed E-state index contributed by atoms with van der Waals surface area (Å²) >= 11 is 1.61. The summed E-state index contributed by atoms with van der Waals surface area (Å²) in [7, 11) is 3.09. The van der Waals surface area contributed by atoms with Crippen LogP contribution in [-0.2, 0) is 6.54 Å². The Morgan fingerprint density at radius 2 is 1.88 bits per heavy atom. The molecule has 0 aliphatic carbocycles. The number of nitrogens with one attached hydrogen (secondary N) is 1. The molecule has 1 aromatic carbocycles. The molecular weight excluding hydrogens is 326 g/mol. The van der Waals surface area contributed by atoms with E-state index in [1.54, 1.807) is 43.8 Å². The van der Waals surface area contributed by atoms with Crippen molar-refractivity contribution in [2.45, 2.75) is 6.54 Å². The average Bonchev–Trinajstić information content (AvgIpc) is 3.30. The maximum atomic E-state index is 12.3. The summed E-state index contributed by atoms with van der Waals surface area (Å²) in [5.41, 5.74) is 0.469. The van der Waals surface area contributed by atoms with Gasteiger partial charge in [0.15, 0.2) is 0 Å². The third-order valence-corrected chi connectivity index (χ3v) is 4.35. The molecule has 0 aliphatic heterocycles. The first-order valence-corrected chi connectivity index (χ1v) is 8.21. The van der Waals surface area contributed by atoms with Crippen LogP contribution >= 0.6 is 11.3 Å². The van der Waals surface area contributed by atoms with E-state index in [2.05, 4.69) is 5.32 Å². The van der Waals surface area contributed by atoms with E-state index >= 15 is 0 Å². The van der Waals surface area contributed by atoms with Gasteiger partial charge in [-0.25, -0.2) is 0 Å². The third kappa shape index (κ3) is 3.60. The Morgan fingerprint density at radius 3 is 2.50 bits per heavy atom. The number of furan rings is 1. The van der Waals surface area contributed by atoms with E-state index in [1.807, 2.05) is 29.6 Å². The highest BCUT2D eigenvalue weighted by atomic mass is 32.1. The molecule has 0 unspecified atom stereocenters. The van der Waals surface area contributed by atoms with Gasteiger partial charge in [0, 0.05) is 11.6 Å². The Kier molecular flexibility index (Phi) is 4.86. The molecule has 124 valence electrons. The Bertz CT molecular complexity index is 801. The second kappa shape index (κ2) is 7.23. The van der Waals surface area contributed by atoms with Gasteiger partial charge in [-0.1, -0.05) is 6.07 Å². The zero-order valence-electron chi connectivity index (χ0n) is 13.4. The van der Waals surface area contributed by atoms with Crippen LogP contribution in [-0.4, -0.2) is 20.1 Å². The molecule has 0 radical (unpaired) electrons. The van der Waals surface area contributed by atoms with Crippen LogP contribution in [0.25, 0.3) is 10.6 Å². The molecule has 0 bridgehead atoms. The molecule has 0 fully saturated rings. The number of benzene rings is 1. The van der Waals surface area contributed by atoms with Crippen LogP contribution in [0.5, 0.6) is 11.5 Å². The van der Waals surface area contributed by atoms with Crippen LogP contribution < -0.4 is 14.8 Å². The molecule has 2 aromatic heterocycles. The van der Waals surface area contributed by atoms with Gasteiger partial charge in [-0.3, -0.25) is 4.79 Å². The highest BCUT2D eigenvalue weighted by molar-refractivity contribution is 7.13. The number of methoxy groups -OCH3 is 2. The van der Waals surface area contributed by atoms with E-state index in [1.165, 1.54) is 0 Å². The first-order valence-electron chi connectivity index (χ1n) is 7.33. The standard InChI is InChI=1S/C18H17NO4S/c1-21-14-8-12(9-15(10-14)22-2)18(20)19-11-13-5-6-16(23-13)17-4-3-7-24-17/h3-10H,11H2,1-2H3,(H,19,20). The molecule has 0 spiro atoms. The molecule has 5 nitrogen and oxygen atoms in total. The van der Waals surface area contributed by atoms with Gasteiger partial charge in [-0.05, 0) is 35.7 Å². The fraction of sp³-hybridized carbons (Fsp3) is 0.167. The number of carbonyl (C=O) groups is 1. The van der Waals surface area contributed by atoms with Crippen LogP contribution in [0.2, 0.25) is 0 Å². The molecule has 0 atom stereocenters. The normalized spacial score (nSPS) is 10.4. The number of rotatable bonds is 6. The number of carbonyl (C=O) groups excluding carboxylic acids is 1. The van der Waals surface area contributed by atoms with Crippen molar-refractivity contribution in [2.24, 2.45) is 0 Å². The topological polar surface area (TPSA) is 60.7 Å². The molecule has 3 aromatic rings. The molecule has 0 aliphatic rings. The van der Waals surface area contributed by atoms with Gasteiger partial charge in [-0.15, -0.1) is 11.3 Å². The predicted molar refractivity (Wildman–Crippen MR) is 92.7 cm³/mol. The van der Waals surface area contributed by atoms with Crippen LogP contribution in [0.4, 0.5) is 0 Å². The maximum absolute atomic E-state index is 12.3. The first-order chi connectivity index (χ1) is 11.7. The van der Waals surface area contributed by atoms with E-state index in [4.69, 9.17) is 13.9 Å². The van der Waals surface area contributed by atoms with Crippen molar-refractivity contribution in [1.82, 2.24) is 5.32 Å². The molecule has 1 amide bonds. The summed E-state index contributed by atoms with van der Waals surface area (Å²) in [6.45, 7) is 0.309. The van der Waals surface area contributed by atoms with Gasteiger partial charge >= 0.3 is 0 Å². The number of hydrogen-bond donors (Lipinski definition) is 1. The van der Waals surface area contributed by atoms with Gasteiger partial charge in [0.25, 0.3) is 5.91 Å². The number of hydrogen-bond acceptors (Lipinski definition) is 5. The Labute approximate surface area is 143 Å². The molecule has 2 heterocycles. The average molecular weight is 343 g/mol. The fourth-order valence-electron chi connectivity index (χ4n) is 2.23. The smallest absolute Gasteiger partial charge is 0.251 e. The minimum absolute atomic E-state index is 0.221. The summed E-state index contributed by atoms with van der Waals surface area (Å²) in [4.78, 5) is 13.4. The van der Waals surface area contributed by atoms with Crippen LogP contribution in [0.1, 0.15) is 16.1 Å². The van der Waals surface area contributed by atoms with E-state index in [9.17, 15) is 4.79 Å². The predicted octanol–water partition coefficient (Wildman–Crippen LogP) is 3.96. The first kappa shape index (κ1) is 16.1. The van der Waals surface area contributed by atoms with Crippen LogP contribution in [0.3, 0.4) is 0 Å². The maximum Gasteiger partial charge on any atom is 0.251 e. The van der Waals surface area contributed by atoms with Gasteiger partial charge in [-0.2, -0.15) is 0 Å². The zero-order chi connectivity index (χ0) is 16.9. The van der Waals surface area contributed by atoms with Crippen LogP contribution in [0.15, 0.2) is 52.3 Å². The van der Waals surface area contributed by atoms with Crippen molar-refractivity contribution < 1.29 is 18.7 Å². The summed E-state index contributed by atoms with van der Waals surface area (Å²) in [6.07, 6.45) is 0. The van der Waals surface area contributed by atoms with Gasteiger partial charge in [0.05, 0.1) is 25.6 Å². The van der Waals surface area contributed by atoms with Crippen molar-refractivity contribution in [3.63, 3.8) is 0 Å². The lowest BCUT2D eigenvalue weighted by atomic mass is 10.2. The van der Waals surface area contributed by atoms with Gasteiger partial charge in [0.1, 0.15) is 23.0 Å². The van der Waals surface area contributed by atoms with Crippen LogP contribution in [0, 0.1) is 0 Å². The highest BCUT2D eigenvalue weighted by Crippen LogP contribution is 2.26. The van der Waals surface area contributed by atoms with Crippen molar-refractivity contribution in [2.75, 3.05) is 14.2 Å². The van der Waals surface area contributed by atoms with Crippen molar-refractivity contribution >= 4 is 17.2 Å². The quantitative estimate of drug-likeness (QED) is 0.736. The molecule has 1 N–H and O–H groups in total. The molecule has 0 saturated carbocycles. The SMILES string of the molecule is COc1cc(OC)cc(C(=O)NCc2ccc(-c3cccs3)o2)c1. The summed E-state index contributed by atoms with van der Waals surface area (Å²) in [6, 6.07) is 12.8. The lowest BCUT2D eigenvalue weighted by Crippen LogP contribution is -2.22. The largest absolute Gasteiger partial charge is 0.497 e.